The van der Waals surface area contributed by atoms with Gasteiger partial charge in [0.15, 0.2) is 0 Å². The number of nitrogens with two attached hydrogens (primary N) is 1. The Hall–Kier alpha value is -0.0400. The van der Waals surface area contributed by atoms with Crippen LogP contribution in [0.5, 0.6) is 0 Å². The monoisotopic (exact) mass is 109 g/mol. The molecule has 4 fully saturated rings. The molecule has 0 aromatic rings. The van der Waals surface area contributed by atoms with Crippen LogP contribution in [0.2, 0.25) is 0 Å². The predicted molar refractivity (Wildman–Crippen MR) is 31.2 cm³/mol. The molecule has 2 N–H and O–H groups in total. The molecule has 0 aliphatic heterocycles. The molecule has 8 heavy (non-hydrogen) atoms. The van der Waals surface area contributed by atoms with Crippen LogP contribution in [0.4, 0.5) is 0 Å². The second-order valence-corrected chi connectivity index (χ2v) is 3.71. The highest BCUT2D eigenvalue weighted by Crippen LogP contribution is 2.69. The van der Waals surface area contributed by atoms with Gasteiger partial charge in [-0.1, -0.05) is 0 Å². The average molecular weight is 109 g/mol. The van der Waals surface area contributed by atoms with E-state index in [1.54, 1.807) is 0 Å². The first-order chi connectivity index (χ1) is 3.88. The zero-order chi connectivity index (χ0) is 5.30. The summed E-state index contributed by atoms with van der Waals surface area (Å²) in [6.07, 6.45) is 2.97. The molecule has 5 atom stereocenters. The van der Waals surface area contributed by atoms with Crippen LogP contribution >= 0.6 is 0 Å². The summed E-state index contributed by atoms with van der Waals surface area (Å²) in [4.78, 5) is 0. The van der Waals surface area contributed by atoms with Crippen molar-refractivity contribution in [1.29, 1.82) is 0 Å². The quantitative estimate of drug-likeness (QED) is 0.484. The van der Waals surface area contributed by atoms with Crippen LogP contribution in [0.15, 0.2) is 0 Å². The van der Waals surface area contributed by atoms with Crippen molar-refractivity contribution < 1.29 is 0 Å². The third kappa shape index (κ3) is 0.218. The lowest BCUT2D eigenvalue weighted by molar-refractivity contribution is 0.523. The Kier molecular flexibility index (Phi) is 0.418. The highest BCUT2D eigenvalue weighted by molar-refractivity contribution is 5.18. The highest BCUT2D eigenvalue weighted by Gasteiger charge is 2.67. The SMILES string of the molecule is N[C@H]1C2C[C@@H]3C1[C@@H]3C2. The van der Waals surface area contributed by atoms with E-state index in [1.807, 2.05) is 0 Å². The Morgan fingerprint density at radius 3 is 1.88 bits per heavy atom. The molecular formula is C7H11N. The van der Waals surface area contributed by atoms with E-state index in [-0.39, 0.29) is 0 Å². The van der Waals surface area contributed by atoms with Gasteiger partial charge in [-0.15, -0.1) is 0 Å². The zero-order valence-electron chi connectivity index (χ0n) is 4.88. The minimum absolute atomic E-state index is 0.630. The standard InChI is InChI=1S/C7H11N/c8-7-3-1-4-5(2-3)6(4)7/h3-7H,1-2,8H2/t3?,4-,5+,6?,7-/m0/s1. The Bertz CT molecular complexity index is 129. The van der Waals surface area contributed by atoms with Gasteiger partial charge in [0.2, 0.25) is 0 Å². The molecule has 4 bridgehead atoms. The lowest BCUT2D eigenvalue weighted by Crippen LogP contribution is -2.23. The van der Waals surface area contributed by atoms with Gasteiger partial charge in [-0.05, 0) is 36.5 Å². The second-order valence-electron chi connectivity index (χ2n) is 3.71. The molecule has 44 valence electrons. The molecule has 4 aliphatic carbocycles. The lowest BCUT2D eigenvalue weighted by Gasteiger charge is -2.04. The first-order valence-electron chi connectivity index (χ1n) is 3.63. The van der Waals surface area contributed by atoms with E-state index in [4.69, 9.17) is 5.73 Å². The molecule has 4 rings (SSSR count). The highest BCUT2D eigenvalue weighted by atomic mass is 14.8. The zero-order valence-corrected chi connectivity index (χ0v) is 4.88. The molecule has 0 heterocycles. The minimum atomic E-state index is 0.630. The van der Waals surface area contributed by atoms with Crippen molar-refractivity contribution in [2.24, 2.45) is 29.4 Å². The summed E-state index contributed by atoms with van der Waals surface area (Å²) < 4.78 is 0. The maximum absolute atomic E-state index is 5.91. The van der Waals surface area contributed by atoms with Gasteiger partial charge in [-0.3, -0.25) is 0 Å². The molecular weight excluding hydrogens is 98.1 g/mol. The Balaban J connectivity index is 2.10. The van der Waals surface area contributed by atoms with Crippen LogP contribution in [0.25, 0.3) is 0 Å². The summed E-state index contributed by atoms with van der Waals surface area (Å²) in [7, 11) is 0. The van der Waals surface area contributed by atoms with Crippen molar-refractivity contribution in [2.45, 2.75) is 18.9 Å². The number of hydrogen-bond donors (Lipinski definition) is 1. The van der Waals surface area contributed by atoms with E-state index < -0.39 is 0 Å². The van der Waals surface area contributed by atoms with Gasteiger partial charge in [0.05, 0.1) is 0 Å². The van der Waals surface area contributed by atoms with E-state index in [0.29, 0.717) is 6.04 Å². The molecule has 0 aromatic heterocycles. The number of rotatable bonds is 0. The smallest absolute Gasteiger partial charge is 0.0101 e. The lowest BCUT2D eigenvalue weighted by atomic mass is 10.1. The number of hydrogen-bond acceptors (Lipinski definition) is 1. The van der Waals surface area contributed by atoms with Gasteiger partial charge in [0.25, 0.3) is 0 Å². The summed E-state index contributed by atoms with van der Waals surface area (Å²) in [6, 6.07) is 0.630. The maximum Gasteiger partial charge on any atom is 0.0101 e. The van der Waals surface area contributed by atoms with Crippen molar-refractivity contribution in [2.75, 3.05) is 0 Å². The molecule has 0 radical (unpaired) electrons. The summed E-state index contributed by atoms with van der Waals surface area (Å²) in [6.45, 7) is 0. The second kappa shape index (κ2) is 0.860. The van der Waals surface area contributed by atoms with Crippen molar-refractivity contribution in [3.63, 3.8) is 0 Å². The van der Waals surface area contributed by atoms with E-state index in [9.17, 15) is 0 Å². The average Bonchev–Trinajstić information content (AvgIpc) is 2.23. The Labute approximate surface area is 49.3 Å². The van der Waals surface area contributed by atoms with E-state index in [0.717, 1.165) is 23.7 Å². The van der Waals surface area contributed by atoms with Gasteiger partial charge in [0.1, 0.15) is 0 Å². The van der Waals surface area contributed by atoms with Crippen molar-refractivity contribution >= 4 is 0 Å². The largest absolute Gasteiger partial charge is 0.327 e. The third-order valence-electron chi connectivity index (χ3n) is 3.54. The summed E-state index contributed by atoms with van der Waals surface area (Å²) >= 11 is 0. The van der Waals surface area contributed by atoms with Crippen molar-refractivity contribution in [1.82, 2.24) is 0 Å². The summed E-state index contributed by atoms with van der Waals surface area (Å²) in [5.41, 5.74) is 5.91. The molecule has 1 heteroatoms. The first kappa shape index (κ1) is 3.89. The Morgan fingerprint density at radius 1 is 1.12 bits per heavy atom. The predicted octanol–water partition coefficient (Wildman–Crippen LogP) is 0.599. The third-order valence-corrected chi connectivity index (χ3v) is 3.54. The molecule has 1 nitrogen and oxygen atoms in total. The summed E-state index contributed by atoms with van der Waals surface area (Å²) in [5.74, 6) is 4.17. The maximum atomic E-state index is 5.91. The first-order valence-corrected chi connectivity index (χ1v) is 3.63. The van der Waals surface area contributed by atoms with Crippen LogP contribution in [-0.4, -0.2) is 6.04 Å². The van der Waals surface area contributed by atoms with Crippen molar-refractivity contribution in [3.8, 4) is 0 Å². The fraction of sp³-hybridized carbons (Fsp3) is 1.00. The molecule has 0 aromatic carbocycles. The van der Waals surface area contributed by atoms with E-state index >= 15 is 0 Å². The molecule has 0 amide bonds. The molecule has 0 spiro atoms. The van der Waals surface area contributed by atoms with Crippen LogP contribution in [0, 0.1) is 23.7 Å². The minimum Gasteiger partial charge on any atom is -0.327 e. The molecule has 2 unspecified atom stereocenters. The molecule has 4 aliphatic rings. The fourth-order valence-electron chi connectivity index (χ4n) is 3.13. The van der Waals surface area contributed by atoms with E-state index in [1.165, 1.54) is 12.8 Å². The van der Waals surface area contributed by atoms with Gasteiger partial charge in [-0.25, -0.2) is 0 Å². The van der Waals surface area contributed by atoms with Gasteiger partial charge >= 0.3 is 0 Å². The van der Waals surface area contributed by atoms with Crippen molar-refractivity contribution in [3.05, 3.63) is 0 Å². The van der Waals surface area contributed by atoms with Crippen LogP contribution in [0.1, 0.15) is 12.8 Å². The molecule has 0 saturated heterocycles. The normalized spacial score (nSPS) is 73.9. The molecule has 4 saturated carbocycles. The van der Waals surface area contributed by atoms with Gasteiger partial charge in [-0.2, -0.15) is 0 Å². The van der Waals surface area contributed by atoms with Gasteiger partial charge in [0, 0.05) is 6.04 Å². The Morgan fingerprint density at radius 2 is 1.75 bits per heavy atom. The van der Waals surface area contributed by atoms with Crippen LogP contribution < -0.4 is 5.73 Å². The summed E-state index contributed by atoms with van der Waals surface area (Å²) in [5, 5.41) is 0. The van der Waals surface area contributed by atoms with Crippen LogP contribution in [0.3, 0.4) is 0 Å². The van der Waals surface area contributed by atoms with Crippen LogP contribution in [-0.2, 0) is 0 Å². The van der Waals surface area contributed by atoms with E-state index in [2.05, 4.69) is 0 Å². The van der Waals surface area contributed by atoms with Gasteiger partial charge < -0.3 is 5.73 Å². The topological polar surface area (TPSA) is 26.0 Å². The fourth-order valence-corrected chi connectivity index (χ4v) is 3.13.